The van der Waals surface area contributed by atoms with Crippen LogP contribution >= 0.6 is 0 Å². The van der Waals surface area contributed by atoms with Crippen LogP contribution in [0.25, 0.3) is 5.69 Å². The van der Waals surface area contributed by atoms with E-state index >= 15 is 0 Å². The first-order valence-corrected chi connectivity index (χ1v) is 11.6. The first-order chi connectivity index (χ1) is 18.1. The highest BCUT2D eigenvalue weighted by Gasteiger charge is 2.30. The summed E-state index contributed by atoms with van der Waals surface area (Å²) < 4.78 is 57.1. The van der Waals surface area contributed by atoms with Crippen molar-refractivity contribution in [3.8, 4) is 17.2 Å². The highest BCUT2D eigenvalue weighted by Crippen LogP contribution is 2.30. The van der Waals surface area contributed by atoms with E-state index in [-0.39, 0.29) is 29.6 Å². The molecule has 1 saturated heterocycles. The first-order valence-electron chi connectivity index (χ1n) is 11.6. The average molecular weight is 534 g/mol. The van der Waals surface area contributed by atoms with E-state index < -0.39 is 41.1 Å². The molecular weight excluding hydrogens is 509 g/mol. The van der Waals surface area contributed by atoms with Crippen LogP contribution in [0.4, 0.5) is 13.2 Å². The molecule has 1 atom stereocenters. The molecule has 1 aromatic heterocycles. The summed E-state index contributed by atoms with van der Waals surface area (Å²) in [7, 11) is 2.81. The van der Waals surface area contributed by atoms with Gasteiger partial charge < -0.3 is 19.5 Å². The van der Waals surface area contributed by atoms with E-state index in [4.69, 9.17) is 14.2 Å². The molecule has 13 heteroatoms. The summed E-state index contributed by atoms with van der Waals surface area (Å²) in [5.41, 5.74) is -3.38. The highest BCUT2D eigenvalue weighted by atomic mass is 19.4. The lowest BCUT2D eigenvalue weighted by Gasteiger charge is -2.15. The number of nitrogens with zero attached hydrogens (tertiary/aromatic N) is 3. The molecule has 3 aromatic rings. The zero-order chi connectivity index (χ0) is 27.4. The Morgan fingerprint density at radius 1 is 1.13 bits per heavy atom. The van der Waals surface area contributed by atoms with Crippen molar-refractivity contribution >= 4 is 5.91 Å². The number of methoxy groups -OCH3 is 2. The monoisotopic (exact) mass is 534 g/mol. The summed E-state index contributed by atoms with van der Waals surface area (Å²) >= 11 is 0. The van der Waals surface area contributed by atoms with E-state index in [0.717, 1.165) is 29.7 Å². The third kappa shape index (κ3) is 5.72. The Labute approximate surface area is 214 Å². The Morgan fingerprint density at radius 2 is 1.89 bits per heavy atom. The molecule has 2 heterocycles. The zero-order valence-electron chi connectivity index (χ0n) is 20.6. The van der Waals surface area contributed by atoms with Crippen LogP contribution in [0, 0.1) is 0 Å². The second-order valence-corrected chi connectivity index (χ2v) is 8.52. The maximum Gasteiger partial charge on any atom is 0.416 e. The molecular formula is C25H25F3N4O6. The second kappa shape index (κ2) is 11.1. The molecule has 202 valence electrons. The Morgan fingerprint density at radius 3 is 2.55 bits per heavy atom. The number of amides is 1. The van der Waals surface area contributed by atoms with Gasteiger partial charge in [-0.25, -0.2) is 4.79 Å². The number of nitrogens with one attached hydrogen (secondary N) is 1. The fraction of sp³-hybridized carbons (Fsp3) is 0.360. The molecule has 1 aliphatic heterocycles. The second-order valence-electron chi connectivity index (χ2n) is 8.52. The summed E-state index contributed by atoms with van der Waals surface area (Å²) in [6.45, 7) is 0.166. The van der Waals surface area contributed by atoms with Gasteiger partial charge in [-0.1, -0.05) is 12.1 Å². The van der Waals surface area contributed by atoms with Crippen LogP contribution in [-0.4, -0.2) is 53.7 Å². The molecule has 0 aliphatic carbocycles. The van der Waals surface area contributed by atoms with Crippen LogP contribution in [0.3, 0.4) is 0 Å². The summed E-state index contributed by atoms with van der Waals surface area (Å²) in [6.07, 6.45) is -3.26. The van der Waals surface area contributed by atoms with Crippen molar-refractivity contribution in [2.24, 2.45) is 0 Å². The minimum atomic E-state index is -4.62. The van der Waals surface area contributed by atoms with Crippen LogP contribution in [-0.2, 0) is 17.5 Å². The molecule has 2 aromatic carbocycles. The Balaban J connectivity index is 1.81. The minimum Gasteiger partial charge on any atom is -0.493 e. The largest absolute Gasteiger partial charge is 0.493 e. The molecule has 10 nitrogen and oxygen atoms in total. The van der Waals surface area contributed by atoms with Gasteiger partial charge in [0.15, 0.2) is 11.5 Å². The van der Waals surface area contributed by atoms with Crippen molar-refractivity contribution < 1.29 is 32.2 Å². The van der Waals surface area contributed by atoms with E-state index in [1.165, 1.54) is 44.6 Å². The minimum absolute atomic E-state index is 0.0369. The quantitative estimate of drug-likeness (QED) is 0.472. The van der Waals surface area contributed by atoms with E-state index in [1.54, 1.807) is 0 Å². The van der Waals surface area contributed by atoms with Crippen LogP contribution in [0.1, 0.15) is 34.5 Å². The first kappa shape index (κ1) is 26.9. The lowest BCUT2D eigenvalue weighted by atomic mass is 10.1. The number of aromatic nitrogens is 3. The van der Waals surface area contributed by atoms with Crippen LogP contribution in [0.2, 0.25) is 0 Å². The average Bonchev–Trinajstić information content (AvgIpc) is 3.43. The lowest BCUT2D eigenvalue weighted by molar-refractivity contribution is -0.137. The van der Waals surface area contributed by atoms with E-state index in [9.17, 15) is 27.6 Å². The van der Waals surface area contributed by atoms with Gasteiger partial charge in [0, 0.05) is 19.2 Å². The Hall–Kier alpha value is -4.13. The summed E-state index contributed by atoms with van der Waals surface area (Å²) in [6, 6.07) is 8.62. The Kier molecular flexibility index (Phi) is 7.86. The van der Waals surface area contributed by atoms with Crippen LogP contribution < -0.4 is 26.0 Å². The molecule has 38 heavy (non-hydrogen) atoms. The van der Waals surface area contributed by atoms with Crippen molar-refractivity contribution in [1.82, 2.24) is 19.7 Å². The number of alkyl halides is 3. The standard InChI is InChI=1S/C25H25F3N4O6/c1-36-19-9-8-17(12-20(19)37-2)32-24(35)31(14-15-5-3-6-16(11-15)25(26,27)28)23(34)21(30-32)22(33)29-13-18-7-4-10-38-18/h3,5-6,8-9,11-12,18H,4,7,10,13-14H2,1-2H3,(H,29,33). The van der Waals surface area contributed by atoms with E-state index in [2.05, 4.69) is 10.4 Å². The van der Waals surface area contributed by atoms with Crippen LogP contribution in [0.5, 0.6) is 11.5 Å². The third-order valence-electron chi connectivity index (χ3n) is 6.00. The Bertz CT molecular complexity index is 1440. The fourth-order valence-electron chi connectivity index (χ4n) is 4.05. The van der Waals surface area contributed by atoms with Crippen molar-refractivity contribution in [2.45, 2.75) is 31.7 Å². The van der Waals surface area contributed by atoms with Crippen molar-refractivity contribution in [2.75, 3.05) is 27.4 Å². The number of ether oxygens (including phenoxy) is 3. The third-order valence-corrected chi connectivity index (χ3v) is 6.00. The fourth-order valence-corrected chi connectivity index (χ4v) is 4.05. The van der Waals surface area contributed by atoms with E-state index in [0.29, 0.717) is 16.9 Å². The predicted octanol–water partition coefficient (Wildman–Crippen LogP) is 2.39. The number of hydrogen-bond donors (Lipinski definition) is 1. The number of halogens is 3. The van der Waals surface area contributed by atoms with Gasteiger partial charge in [0.05, 0.1) is 38.1 Å². The number of rotatable bonds is 8. The van der Waals surface area contributed by atoms with Crippen molar-refractivity contribution in [3.63, 3.8) is 0 Å². The number of carbonyl (C=O) groups is 1. The lowest BCUT2D eigenvalue weighted by Crippen LogP contribution is -2.46. The highest BCUT2D eigenvalue weighted by molar-refractivity contribution is 5.91. The molecule has 0 spiro atoms. The maximum atomic E-state index is 13.4. The smallest absolute Gasteiger partial charge is 0.416 e. The molecule has 1 N–H and O–H groups in total. The molecule has 0 saturated carbocycles. The molecule has 0 bridgehead atoms. The zero-order valence-corrected chi connectivity index (χ0v) is 20.6. The maximum absolute atomic E-state index is 13.4. The number of benzene rings is 2. The van der Waals surface area contributed by atoms with Crippen molar-refractivity contribution in [1.29, 1.82) is 0 Å². The molecule has 1 unspecified atom stereocenters. The van der Waals surface area contributed by atoms with E-state index in [1.807, 2.05) is 0 Å². The molecule has 1 fully saturated rings. The molecule has 1 amide bonds. The van der Waals surface area contributed by atoms with Gasteiger partial charge in [-0.2, -0.15) is 23.0 Å². The number of carbonyl (C=O) groups excluding carboxylic acids is 1. The van der Waals surface area contributed by atoms with Gasteiger partial charge in [-0.05, 0) is 42.7 Å². The van der Waals surface area contributed by atoms with Crippen LogP contribution in [0.15, 0.2) is 52.1 Å². The van der Waals surface area contributed by atoms with Gasteiger partial charge in [0.2, 0.25) is 5.69 Å². The van der Waals surface area contributed by atoms with Gasteiger partial charge >= 0.3 is 11.9 Å². The topological polar surface area (TPSA) is 114 Å². The van der Waals surface area contributed by atoms with Gasteiger partial charge in [0.25, 0.3) is 11.5 Å². The van der Waals surface area contributed by atoms with Gasteiger partial charge in [-0.15, -0.1) is 0 Å². The number of hydrogen-bond acceptors (Lipinski definition) is 7. The van der Waals surface area contributed by atoms with Crippen molar-refractivity contribution in [3.05, 3.63) is 80.1 Å². The summed E-state index contributed by atoms with van der Waals surface area (Å²) in [4.78, 5) is 39.6. The molecule has 1 aliphatic rings. The normalized spacial score (nSPS) is 15.3. The van der Waals surface area contributed by atoms with Gasteiger partial charge in [-0.3, -0.25) is 14.2 Å². The SMILES string of the molecule is COc1ccc(-n2nc(C(=O)NCC3CCCO3)c(=O)n(Cc3cccc(C(F)(F)F)c3)c2=O)cc1OC. The van der Waals surface area contributed by atoms with Gasteiger partial charge in [0.1, 0.15) is 0 Å². The predicted molar refractivity (Wildman–Crippen MR) is 129 cm³/mol. The molecule has 4 rings (SSSR count). The summed E-state index contributed by atoms with van der Waals surface area (Å²) in [5, 5.41) is 6.61. The molecule has 0 radical (unpaired) electrons. The summed E-state index contributed by atoms with van der Waals surface area (Å²) in [5.74, 6) is -0.243.